The lowest BCUT2D eigenvalue weighted by atomic mass is 9.66. The Morgan fingerprint density at radius 2 is 2.36 bits per heavy atom. The van der Waals surface area contributed by atoms with E-state index in [0.29, 0.717) is 6.42 Å². The van der Waals surface area contributed by atoms with E-state index in [1.165, 1.54) is 11.5 Å². The highest BCUT2D eigenvalue weighted by atomic mass is 32.1. The van der Waals surface area contributed by atoms with Gasteiger partial charge in [-0.2, -0.15) is 0 Å². The highest BCUT2D eigenvalue weighted by Gasteiger charge is 2.44. The number of aryl methyl sites for hydroxylation is 1. The Labute approximate surface area is 86.1 Å². The number of aromatic nitrogens is 2. The SMILES string of the molecule is Cc1nnsc1CC1(C(=O)O)CCC1. The van der Waals surface area contributed by atoms with Crippen molar-refractivity contribution in [2.45, 2.75) is 32.6 Å². The summed E-state index contributed by atoms with van der Waals surface area (Å²) >= 11 is 1.32. The number of carboxylic acid groups (broad SMARTS) is 1. The second-order valence-corrected chi connectivity index (χ2v) is 4.74. The maximum Gasteiger partial charge on any atom is 0.310 e. The van der Waals surface area contributed by atoms with Crippen molar-refractivity contribution in [1.82, 2.24) is 9.59 Å². The highest BCUT2D eigenvalue weighted by molar-refractivity contribution is 7.05. The zero-order valence-electron chi connectivity index (χ0n) is 7.99. The Bertz CT molecular complexity index is 357. The fourth-order valence-electron chi connectivity index (χ4n) is 1.79. The molecule has 0 spiro atoms. The molecule has 5 heteroatoms. The summed E-state index contributed by atoms with van der Waals surface area (Å²) in [5.41, 5.74) is 0.362. The summed E-state index contributed by atoms with van der Waals surface area (Å²) in [5.74, 6) is -0.670. The first-order valence-electron chi connectivity index (χ1n) is 4.65. The van der Waals surface area contributed by atoms with Gasteiger partial charge in [0.1, 0.15) is 0 Å². The van der Waals surface area contributed by atoms with Gasteiger partial charge in [0.2, 0.25) is 0 Å². The predicted molar refractivity (Wildman–Crippen MR) is 52.3 cm³/mol. The minimum Gasteiger partial charge on any atom is -0.481 e. The molecule has 1 aliphatic carbocycles. The van der Waals surface area contributed by atoms with Crippen LogP contribution in [0.3, 0.4) is 0 Å². The van der Waals surface area contributed by atoms with E-state index in [0.717, 1.165) is 29.8 Å². The quantitative estimate of drug-likeness (QED) is 0.827. The molecule has 2 rings (SSSR count). The van der Waals surface area contributed by atoms with Crippen LogP contribution in [0.25, 0.3) is 0 Å². The number of carboxylic acids is 1. The van der Waals surface area contributed by atoms with Gasteiger partial charge >= 0.3 is 5.97 Å². The largest absolute Gasteiger partial charge is 0.481 e. The van der Waals surface area contributed by atoms with E-state index in [9.17, 15) is 4.79 Å². The zero-order chi connectivity index (χ0) is 10.2. The molecule has 0 bridgehead atoms. The topological polar surface area (TPSA) is 63.1 Å². The van der Waals surface area contributed by atoms with E-state index in [2.05, 4.69) is 9.59 Å². The zero-order valence-corrected chi connectivity index (χ0v) is 8.80. The minimum atomic E-state index is -0.670. The van der Waals surface area contributed by atoms with Crippen LogP contribution in [0, 0.1) is 12.3 Å². The van der Waals surface area contributed by atoms with Gasteiger partial charge in [-0.05, 0) is 31.3 Å². The third-order valence-electron chi connectivity index (χ3n) is 3.01. The molecule has 0 atom stereocenters. The Kier molecular flexibility index (Phi) is 2.26. The van der Waals surface area contributed by atoms with E-state index in [1.54, 1.807) is 0 Å². The van der Waals surface area contributed by atoms with Crippen molar-refractivity contribution >= 4 is 17.5 Å². The molecule has 1 aromatic heterocycles. The van der Waals surface area contributed by atoms with Crippen LogP contribution in [0.1, 0.15) is 29.8 Å². The smallest absolute Gasteiger partial charge is 0.310 e. The van der Waals surface area contributed by atoms with Crippen LogP contribution in [-0.2, 0) is 11.2 Å². The lowest BCUT2D eigenvalue weighted by Crippen LogP contribution is -2.39. The van der Waals surface area contributed by atoms with Gasteiger partial charge in [0.15, 0.2) is 0 Å². The second-order valence-electron chi connectivity index (χ2n) is 3.90. The van der Waals surface area contributed by atoms with Crippen molar-refractivity contribution in [1.29, 1.82) is 0 Å². The standard InChI is InChI=1S/C9H12N2O2S/c1-6-7(14-11-10-6)5-9(8(12)13)3-2-4-9/h2-5H2,1H3,(H,12,13). The summed E-state index contributed by atoms with van der Waals surface area (Å²) in [6.07, 6.45) is 3.21. The fraction of sp³-hybridized carbons (Fsp3) is 0.667. The molecule has 14 heavy (non-hydrogen) atoms. The number of hydrogen-bond acceptors (Lipinski definition) is 4. The molecular weight excluding hydrogens is 200 g/mol. The van der Waals surface area contributed by atoms with Crippen LogP contribution in [0.5, 0.6) is 0 Å². The van der Waals surface area contributed by atoms with Crippen molar-refractivity contribution in [3.63, 3.8) is 0 Å². The maximum absolute atomic E-state index is 11.1. The van der Waals surface area contributed by atoms with E-state index in [1.807, 2.05) is 6.92 Å². The van der Waals surface area contributed by atoms with Crippen LogP contribution in [0.15, 0.2) is 0 Å². The number of rotatable bonds is 3. The summed E-state index contributed by atoms with van der Waals surface area (Å²) in [7, 11) is 0. The first-order chi connectivity index (χ1) is 6.64. The van der Waals surface area contributed by atoms with E-state index >= 15 is 0 Å². The molecule has 1 heterocycles. The van der Waals surface area contributed by atoms with Crippen LogP contribution >= 0.6 is 11.5 Å². The second kappa shape index (κ2) is 3.31. The van der Waals surface area contributed by atoms with Crippen molar-refractivity contribution in [3.05, 3.63) is 10.6 Å². The average Bonchev–Trinajstić information content (AvgIpc) is 2.43. The van der Waals surface area contributed by atoms with E-state index in [4.69, 9.17) is 5.11 Å². The van der Waals surface area contributed by atoms with Gasteiger partial charge < -0.3 is 5.11 Å². The van der Waals surface area contributed by atoms with Crippen molar-refractivity contribution < 1.29 is 9.90 Å². The Hall–Kier alpha value is -0.970. The predicted octanol–water partition coefficient (Wildman–Crippen LogP) is 1.64. The van der Waals surface area contributed by atoms with Crippen molar-refractivity contribution in [2.24, 2.45) is 5.41 Å². The summed E-state index contributed by atoms with van der Waals surface area (Å²) in [5, 5.41) is 13.0. The van der Waals surface area contributed by atoms with Crippen molar-refractivity contribution in [3.8, 4) is 0 Å². The van der Waals surface area contributed by atoms with Gasteiger partial charge in [-0.1, -0.05) is 10.9 Å². The van der Waals surface area contributed by atoms with Crippen LogP contribution in [0.4, 0.5) is 0 Å². The van der Waals surface area contributed by atoms with Gasteiger partial charge in [0, 0.05) is 11.3 Å². The number of aliphatic carboxylic acids is 1. The molecule has 0 saturated heterocycles. The third-order valence-corrected chi connectivity index (χ3v) is 3.83. The molecule has 0 aliphatic heterocycles. The molecule has 0 unspecified atom stereocenters. The number of hydrogen-bond donors (Lipinski definition) is 1. The van der Waals surface area contributed by atoms with Gasteiger partial charge in [-0.25, -0.2) is 0 Å². The van der Waals surface area contributed by atoms with Gasteiger partial charge in [-0.3, -0.25) is 4.79 Å². The first-order valence-corrected chi connectivity index (χ1v) is 5.43. The molecule has 4 nitrogen and oxygen atoms in total. The fourth-order valence-corrected chi connectivity index (χ4v) is 2.57. The van der Waals surface area contributed by atoms with Crippen LogP contribution in [0.2, 0.25) is 0 Å². The molecule has 1 aromatic rings. The summed E-state index contributed by atoms with van der Waals surface area (Å²) in [4.78, 5) is 12.1. The van der Waals surface area contributed by atoms with Crippen molar-refractivity contribution in [2.75, 3.05) is 0 Å². The maximum atomic E-state index is 11.1. The molecule has 1 N–H and O–H groups in total. The molecule has 1 aliphatic rings. The van der Waals surface area contributed by atoms with Gasteiger partial charge in [0.05, 0.1) is 11.1 Å². The normalized spacial score (nSPS) is 18.9. The monoisotopic (exact) mass is 212 g/mol. The number of carbonyl (C=O) groups is 1. The van der Waals surface area contributed by atoms with Gasteiger partial charge in [0.25, 0.3) is 0 Å². The molecule has 1 fully saturated rings. The first kappa shape index (κ1) is 9.58. The molecule has 0 aromatic carbocycles. The lowest BCUT2D eigenvalue weighted by molar-refractivity contribution is -0.154. The Morgan fingerprint density at radius 3 is 2.71 bits per heavy atom. The molecule has 0 radical (unpaired) electrons. The van der Waals surface area contributed by atoms with E-state index < -0.39 is 11.4 Å². The molecule has 0 amide bonds. The summed E-state index contributed by atoms with van der Waals surface area (Å²) < 4.78 is 3.82. The molecule has 76 valence electrons. The van der Waals surface area contributed by atoms with E-state index in [-0.39, 0.29) is 0 Å². The Balaban J connectivity index is 2.17. The average molecular weight is 212 g/mol. The summed E-state index contributed by atoms with van der Waals surface area (Å²) in [6.45, 7) is 1.88. The third kappa shape index (κ3) is 1.41. The highest BCUT2D eigenvalue weighted by Crippen LogP contribution is 2.44. The molecule has 1 saturated carbocycles. The van der Waals surface area contributed by atoms with Gasteiger partial charge in [-0.15, -0.1) is 5.10 Å². The van der Waals surface area contributed by atoms with Crippen LogP contribution in [-0.4, -0.2) is 20.7 Å². The minimum absolute atomic E-state index is 0.515. The Morgan fingerprint density at radius 1 is 1.64 bits per heavy atom. The molecular formula is C9H12N2O2S. The number of nitrogens with zero attached hydrogens (tertiary/aromatic N) is 2. The summed E-state index contributed by atoms with van der Waals surface area (Å²) in [6, 6.07) is 0. The lowest BCUT2D eigenvalue weighted by Gasteiger charge is -2.37. The van der Waals surface area contributed by atoms with Crippen LogP contribution < -0.4 is 0 Å².